The van der Waals surface area contributed by atoms with E-state index >= 15 is 0 Å². The monoisotopic (exact) mass is 1100 g/mol. The molecule has 75 heavy (non-hydrogen) atoms. The van der Waals surface area contributed by atoms with Crippen LogP contribution >= 0.6 is 0 Å². The van der Waals surface area contributed by atoms with E-state index in [2.05, 4.69) is 0 Å². The molecule has 11 unspecified atom stereocenters. The van der Waals surface area contributed by atoms with Gasteiger partial charge in [0.2, 0.25) is 0 Å². The van der Waals surface area contributed by atoms with E-state index in [1.807, 2.05) is 41.5 Å². The second-order valence-electron chi connectivity index (χ2n) is 19.8. The van der Waals surface area contributed by atoms with Crippen LogP contribution in [0.3, 0.4) is 0 Å². The summed E-state index contributed by atoms with van der Waals surface area (Å²) in [7, 11) is 1.43. The van der Waals surface area contributed by atoms with Crippen molar-refractivity contribution >= 4 is 0 Å². The van der Waals surface area contributed by atoms with Crippen molar-refractivity contribution in [3.8, 4) is 0 Å². The zero-order valence-electron chi connectivity index (χ0n) is 46.8. The first kappa shape index (κ1) is 74.0. The molecule has 24 heteroatoms. The fraction of sp³-hybridized carbons (Fsp3) is 1.00. The van der Waals surface area contributed by atoms with Crippen molar-refractivity contribution in [3.05, 3.63) is 0 Å². The summed E-state index contributed by atoms with van der Waals surface area (Å²) >= 11 is 0. The summed E-state index contributed by atoms with van der Waals surface area (Å²) in [5.41, 5.74) is -1.04. The van der Waals surface area contributed by atoms with Crippen LogP contribution in [0.4, 0.5) is 0 Å². The summed E-state index contributed by atoms with van der Waals surface area (Å²) in [6.07, 6.45) is -6.71. The summed E-state index contributed by atoms with van der Waals surface area (Å²) in [6.45, 7) is 13.7. The van der Waals surface area contributed by atoms with Crippen molar-refractivity contribution < 1.29 is 117 Å². The predicted octanol–water partition coefficient (Wildman–Crippen LogP) is -1.01. The van der Waals surface area contributed by atoms with Gasteiger partial charge in [-0.25, -0.2) is 0 Å². The first-order valence-corrected chi connectivity index (χ1v) is 26.5. The van der Waals surface area contributed by atoms with Gasteiger partial charge in [0, 0.05) is 32.8 Å². The van der Waals surface area contributed by atoms with Gasteiger partial charge in [-0.3, -0.25) is 0 Å². The van der Waals surface area contributed by atoms with Crippen molar-refractivity contribution in [3.63, 3.8) is 0 Å². The summed E-state index contributed by atoms with van der Waals surface area (Å²) in [5, 5.41) is 89.2. The molecule has 0 aromatic rings. The van der Waals surface area contributed by atoms with Crippen LogP contribution in [0.1, 0.15) is 61.8 Å². The van der Waals surface area contributed by atoms with E-state index in [0.717, 1.165) is 0 Å². The van der Waals surface area contributed by atoms with Gasteiger partial charge in [-0.2, -0.15) is 0 Å². The molecule has 0 aliphatic carbocycles. The molecule has 0 aromatic carbocycles. The molecule has 0 aliphatic rings. The van der Waals surface area contributed by atoms with Gasteiger partial charge in [0.05, 0.1) is 170 Å². The quantitative estimate of drug-likeness (QED) is 0.0330. The number of hydrogen-bond acceptors (Lipinski definition) is 24. The van der Waals surface area contributed by atoms with Crippen molar-refractivity contribution in [1.29, 1.82) is 0 Å². The Morgan fingerprint density at radius 2 is 0.787 bits per heavy atom. The maximum atomic E-state index is 10.4. The summed E-state index contributed by atoms with van der Waals surface area (Å²) < 4.78 is 88.3. The van der Waals surface area contributed by atoms with Crippen molar-refractivity contribution in [1.82, 2.24) is 0 Å². The highest BCUT2D eigenvalue weighted by molar-refractivity contribution is 4.83. The van der Waals surface area contributed by atoms with Crippen molar-refractivity contribution in [2.24, 2.45) is 17.8 Å². The molecule has 9 N–H and O–H groups in total. The van der Waals surface area contributed by atoms with E-state index in [-0.39, 0.29) is 163 Å². The fourth-order valence-corrected chi connectivity index (χ4v) is 6.40. The van der Waals surface area contributed by atoms with Gasteiger partial charge < -0.3 is 117 Å². The molecule has 0 aliphatic heterocycles. The minimum Gasteiger partial charge on any atom is -0.396 e. The highest BCUT2D eigenvalue weighted by Gasteiger charge is 2.35. The standard InChI is InChI=1S/C51H104O24/c1-37(2)23-69-43(18-56)27-64-29-46(66-12-10-11-52)34-73-47(30-63-26-42(17-55)67-14-13-62-24-40(15-53)25-68-39(5)6)35-71-44(19-57)28-65-31-48(72-33-45(20-58)70-32-41(16-54)61-9)36-74-50(22-60)51(7,8)75-49(21-59)38(3)4/h37-50,52-60H,10-36H2,1-9H3. The minimum absolute atomic E-state index is 0.00738. The van der Waals surface area contributed by atoms with E-state index in [1.54, 1.807) is 13.8 Å². The van der Waals surface area contributed by atoms with E-state index in [9.17, 15) is 46.0 Å². The molecule has 11 atom stereocenters. The van der Waals surface area contributed by atoms with Gasteiger partial charge in [-0.1, -0.05) is 27.7 Å². The lowest BCUT2D eigenvalue weighted by atomic mass is 9.99. The first-order chi connectivity index (χ1) is 36.0. The Morgan fingerprint density at radius 3 is 1.23 bits per heavy atom. The minimum atomic E-state index is -1.04. The van der Waals surface area contributed by atoms with E-state index in [4.69, 9.17) is 71.1 Å². The van der Waals surface area contributed by atoms with Crippen LogP contribution in [-0.4, -0.2) is 298 Å². The van der Waals surface area contributed by atoms with Gasteiger partial charge in [-0.15, -0.1) is 0 Å². The summed E-state index contributed by atoms with van der Waals surface area (Å²) in [4.78, 5) is 0. The van der Waals surface area contributed by atoms with Crippen LogP contribution < -0.4 is 0 Å². The van der Waals surface area contributed by atoms with Crippen molar-refractivity contribution in [2.75, 3.05) is 179 Å². The van der Waals surface area contributed by atoms with E-state index in [0.29, 0.717) is 19.6 Å². The van der Waals surface area contributed by atoms with Crippen LogP contribution in [0.15, 0.2) is 0 Å². The lowest BCUT2D eigenvalue weighted by Gasteiger charge is -2.38. The van der Waals surface area contributed by atoms with Crippen LogP contribution in [0.5, 0.6) is 0 Å². The molecule has 0 heterocycles. The molecule has 0 spiro atoms. The molecule has 0 saturated carbocycles. The normalized spacial score (nSPS) is 17.1. The Balaban J connectivity index is 6.07. The van der Waals surface area contributed by atoms with Gasteiger partial charge in [0.15, 0.2) is 0 Å². The third-order valence-electron chi connectivity index (χ3n) is 11.2. The third-order valence-corrected chi connectivity index (χ3v) is 11.2. The zero-order chi connectivity index (χ0) is 56.3. The van der Waals surface area contributed by atoms with E-state index < -0.39 is 86.5 Å². The molecule has 24 nitrogen and oxygen atoms in total. The molecular weight excluding hydrogens is 997 g/mol. The number of methoxy groups -OCH3 is 1. The largest absolute Gasteiger partial charge is 0.396 e. The van der Waals surface area contributed by atoms with Crippen LogP contribution in [0.25, 0.3) is 0 Å². The Morgan fingerprint density at radius 1 is 0.360 bits per heavy atom. The fourth-order valence-electron chi connectivity index (χ4n) is 6.40. The van der Waals surface area contributed by atoms with Crippen LogP contribution in [-0.2, 0) is 71.1 Å². The molecule has 0 fully saturated rings. The van der Waals surface area contributed by atoms with Gasteiger partial charge in [0.25, 0.3) is 0 Å². The Kier molecular flexibility index (Phi) is 47.2. The van der Waals surface area contributed by atoms with E-state index in [1.165, 1.54) is 7.11 Å². The molecule has 0 saturated heterocycles. The second kappa shape index (κ2) is 47.8. The Hall–Kier alpha value is -0.960. The van der Waals surface area contributed by atoms with Gasteiger partial charge >= 0.3 is 0 Å². The number of hydrogen-bond donors (Lipinski definition) is 9. The Labute approximate surface area is 447 Å². The van der Waals surface area contributed by atoms with Gasteiger partial charge in [0.1, 0.15) is 54.9 Å². The van der Waals surface area contributed by atoms with Crippen LogP contribution in [0, 0.1) is 17.8 Å². The maximum absolute atomic E-state index is 10.4. The number of aliphatic hydroxyl groups is 9. The molecular formula is C51H104O24. The molecule has 452 valence electrons. The maximum Gasteiger partial charge on any atom is 0.109 e. The van der Waals surface area contributed by atoms with Crippen LogP contribution in [0.2, 0.25) is 0 Å². The lowest BCUT2D eigenvalue weighted by Crippen LogP contribution is -2.48. The van der Waals surface area contributed by atoms with Crippen molar-refractivity contribution in [2.45, 2.75) is 135 Å². The molecule has 0 radical (unpaired) electrons. The molecule has 0 bridgehead atoms. The number of rotatable bonds is 56. The smallest absolute Gasteiger partial charge is 0.109 e. The topological polar surface area (TPSA) is 321 Å². The average Bonchev–Trinajstić information content (AvgIpc) is 3.39. The third kappa shape index (κ3) is 38.3. The summed E-state index contributed by atoms with van der Waals surface area (Å²) in [5.74, 6) is 0.0516. The molecule has 0 aromatic heterocycles. The zero-order valence-corrected chi connectivity index (χ0v) is 46.8. The second-order valence-corrected chi connectivity index (χ2v) is 19.8. The number of aliphatic hydroxyl groups excluding tert-OH is 9. The van der Waals surface area contributed by atoms with Gasteiger partial charge in [-0.05, 0) is 46.0 Å². The SMILES string of the molecule is COC(CO)COC(CO)COC(COCC(CO)OCC(COCC(CO)OCCOCC(CO)COC(C)C)OCC(COCC(CO)OCC(C)C)OCCCO)COC(CO)C(C)(C)OC(CO)C(C)C. The Bertz CT molecular complexity index is 1220. The highest BCUT2D eigenvalue weighted by atomic mass is 16.6. The average molecular weight is 1100 g/mol. The lowest BCUT2D eigenvalue weighted by molar-refractivity contribution is -0.196. The predicted molar refractivity (Wildman–Crippen MR) is 274 cm³/mol. The molecule has 0 rings (SSSR count). The highest BCUT2D eigenvalue weighted by Crippen LogP contribution is 2.24. The summed E-state index contributed by atoms with van der Waals surface area (Å²) in [6, 6.07) is 0. The first-order valence-electron chi connectivity index (χ1n) is 26.5. The molecule has 0 amide bonds. The number of ether oxygens (including phenoxy) is 15.